The Balaban J connectivity index is 1.85. The summed E-state index contributed by atoms with van der Waals surface area (Å²) in [6.07, 6.45) is 1.87. The Labute approximate surface area is 147 Å². The molecule has 6 nitrogen and oxygen atoms in total. The monoisotopic (exact) mass is 344 g/mol. The predicted molar refractivity (Wildman–Crippen MR) is 93.1 cm³/mol. The largest absolute Gasteiger partial charge is 0.493 e. The second-order valence-corrected chi connectivity index (χ2v) is 6.54. The zero-order valence-electron chi connectivity index (χ0n) is 15.1. The predicted octanol–water partition coefficient (Wildman–Crippen LogP) is 3.79. The topological polar surface area (TPSA) is 64.8 Å². The highest BCUT2D eigenvalue weighted by Crippen LogP contribution is 2.37. The minimum Gasteiger partial charge on any atom is -0.493 e. The Morgan fingerprint density at radius 2 is 2.00 bits per heavy atom. The van der Waals surface area contributed by atoms with Crippen molar-refractivity contribution in [1.29, 1.82) is 0 Å². The summed E-state index contributed by atoms with van der Waals surface area (Å²) >= 11 is 0. The second kappa shape index (κ2) is 7.17. The molecule has 1 aliphatic heterocycles. The van der Waals surface area contributed by atoms with Crippen LogP contribution in [0.5, 0.6) is 11.5 Å². The molecule has 2 aromatic rings. The van der Waals surface area contributed by atoms with Gasteiger partial charge in [0.05, 0.1) is 20.3 Å². The number of carbonyl (C=O) groups is 1. The Hall–Kier alpha value is -2.50. The lowest BCUT2D eigenvalue weighted by Crippen LogP contribution is -2.30. The van der Waals surface area contributed by atoms with E-state index in [1.807, 2.05) is 36.9 Å². The highest BCUT2D eigenvalue weighted by molar-refractivity contribution is 5.92. The number of hydrogen-bond acceptors (Lipinski definition) is 5. The molecule has 3 rings (SSSR count). The fourth-order valence-corrected chi connectivity index (χ4v) is 3.23. The number of rotatable bonds is 5. The average Bonchev–Trinajstić information content (AvgIpc) is 3.30. The van der Waals surface area contributed by atoms with E-state index in [0.29, 0.717) is 23.7 Å². The van der Waals surface area contributed by atoms with E-state index in [1.54, 1.807) is 20.3 Å². The smallest absolute Gasteiger partial charge is 0.276 e. The molecule has 6 heteroatoms. The third kappa shape index (κ3) is 3.34. The molecule has 1 amide bonds. The number of methoxy groups -OCH3 is 2. The van der Waals surface area contributed by atoms with E-state index in [-0.39, 0.29) is 17.9 Å². The molecule has 25 heavy (non-hydrogen) atoms. The van der Waals surface area contributed by atoms with Crippen molar-refractivity contribution in [2.75, 3.05) is 20.8 Å². The van der Waals surface area contributed by atoms with Gasteiger partial charge in [0.15, 0.2) is 17.2 Å². The molecule has 1 atom stereocenters. The van der Waals surface area contributed by atoms with E-state index in [4.69, 9.17) is 14.0 Å². The number of ether oxygens (including phenoxy) is 2. The Kier molecular flexibility index (Phi) is 4.97. The Bertz CT molecular complexity index is 754. The summed E-state index contributed by atoms with van der Waals surface area (Å²) in [5.41, 5.74) is 1.41. The molecule has 0 aliphatic carbocycles. The summed E-state index contributed by atoms with van der Waals surface area (Å²) in [6.45, 7) is 4.73. The maximum atomic E-state index is 12.9. The minimum atomic E-state index is -0.0899. The van der Waals surface area contributed by atoms with E-state index >= 15 is 0 Å². The van der Waals surface area contributed by atoms with Gasteiger partial charge in [-0.15, -0.1) is 0 Å². The van der Waals surface area contributed by atoms with E-state index in [1.165, 1.54) is 0 Å². The molecule has 1 aromatic carbocycles. The quantitative estimate of drug-likeness (QED) is 0.825. The molecule has 1 aromatic heterocycles. The van der Waals surface area contributed by atoms with Gasteiger partial charge in [-0.25, -0.2) is 0 Å². The second-order valence-electron chi connectivity index (χ2n) is 6.54. The molecule has 1 saturated heterocycles. The van der Waals surface area contributed by atoms with Crippen molar-refractivity contribution in [2.45, 2.75) is 38.6 Å². The van der Waals surface area contributed by atoms with Gasteiger partial charge in [-0.3, -0.25) is 4.79 Å². The van der Waals surface area contributed by atoms with Gasteiger partial charge in [-0.2, -0.15) is 0 Å². The van der Waals surface area contributed by atoms with Gasteiger partial charge >= 0.3 is 0 Å². The van der Waals surface area contributed by atoms with Crippen LogP contribution in [0.1, 0.15) is 60.5 Å². The molecule has 0 bridgehead atoms. The number of benzene rings is 1. The molecule has 1 aliphatic rings. The lowest BCUT2D eigenvalue weighted by molar-refractivity contribution is 0.0724. The van der Waals surface area contributed by atoms with Gasteiger partial charge in [0.2, 0.25) is 0 Å². The van der Waals surface area contributed by atoms with Crippen molar-refractivity contribution in [1.82, 2.24) is 10.1 Å². The number of aromatic nitrogens is 1. The van der Waals surface area contributed by atoms with Crippen molar-refractivity contribution in [2.24, 2.45) is 0 Å². The van der Waals surface area contributed by atoms with Gasteiger partial charge in [-0.05, 0) is 30.5 Å². The van der Waals surface area contributed by atoms with E-state index in [9.17, 15) is 4.79 Å². The molecule has 0 spiro atoms. The molecule has 0 radical (unpaired) electrons. The number of carbonyl (C=O) groups excluding carboxylic acids is 1. The van der Waals surface area contributed by atoms with Gasteiger partial charge < -0.3 is 18.9 Å². The summed E-state index contributed by atoms with van der Waals surface area (Å²) in [7, 11) is 3.22. The molecule has 1 unspecified atom stereocenters. The van der Waals surface area contributed by atoms with Crippen molar-refractivity contribution in [3.8, 4) is 11.5 Å². The Morgan fingerprint density at radius 3 is 2.64 bits per heavy atom. The lowest BCUT2D eigenvalue weighted by Gasteiger charge is -2.24. The number of likely N-dealkylation sites (tertiary alicyclic amines) is 1. The van der Waals surface area contributed by atoms with Crippen LogP contribution in [0.4, 0.5) is 0 Å². The summed E-state index contributed by atoms with van der Waals surface area (Å²) in [6, 6.07) is 7.56. The van der Waals surface area contributed by atoms with Crippen LogP contribution in [0.2, 0.25) is 0 Å². The van der Waals surface area contributed by atoms with Gasteiger partial charge in [-0.1, -0.05) is 25.1 Å². The van der Waals surface area contributed by atoms with Crippen molar-refractivity contribution >= 4 is 5.91 Å². The van der Waals surface area contributed by atoms with Crippen LogP contribution in [0.25, 0.3) is 0 Å². The maximum Gasteiger partial charge on any atom is 0.276 e. The van der Waals surface area contributed by atoms with E-state index < -0.39 is 0 Å². The van der Waals surface area contributed by atoms with Crippen LogP contribution < -0.4 is 9.47 Å². The normalized spacial score (nSPS) is 17.2. The fourth-order valence-electron chi connectivity index (χ4n) is 3.23. The highest BCUT2D eigenvalue weighted by Gasteiger charge is 2.32. The molecular formula is C19H24N2O4. The van der Waals surface area contributed by atoms with Crippen LogP contribution in [0.15, 0.2) is 28.8 Å². The number of amides is 1. The summed E-state index contributed by atoms with van der Waals surface area (Å²) in [5.74, 6) is 2.19. The standard InChI is InChI=1S/C19H24N2O4/c1-12(2)17-11-14(20-25-17)19(22)21-9-5-6-15(21)13-7-8-16(23-3)18(10-13)24-4/h7-8,10-12,15H,5-6,9H2,1-4H3. The first-order chi connectivity index (χ1) is 12.0. The first kappa shape index (κ1) is 17.3. The van der Waals surface area contributed by atoms with E-state index in [0.717, 1.165) is 24.2 Å². The number of nitrogens with zero attached hydrogens (tertiary/aromatic N) is 2. The molecule has 134 valence electrons. The van der Waals surface area contributed by atoms with Crippen LogP contribution in [0, 0.1) is 0 Å². The molecular weight excluding hydrogens is 320 g/mol. The third-order valence-electron chi connectivity index (χ3n) is 4.62. The molecule has 2 heterocycles. The SMILES string of the molecule is COc1ccc(C2CCCN2C(=O)c2cc(C(C)C)on2)cc1OC. The molecule has 0 N–H and O–H groups in total. The van der Waals surface area contributed by atoms with Gasteiger partial charge in [0.25, 0.3) is 5.91 Å². The zero-order chi connectivity index (χ0) is 18.0. The maximum absolute atomic E-state index is 12.9. The average molecular weight is 344 g/mol. The van der Waals surface area contributed by atoms with Crippen LogP contribution >= 0.6 is 0 Å². The van der Waals surface area contributed by atoms with Crippen LogP contribution in [-0.4, -0.2) is 36.7 Å². The molecule has 1 fully saturated rings. The van der Waals surface area contributed by atoms with Crippen molar-refractivity contribution < 1.29 is 18.8 Å². The highest BCUT2D eigenvalue weighted by atomic mass is 16.5. The summed E-state index contributed by atoms with van der Waals surface area (Å²) in [4.78, 5) is 14.8. The first-order valence-corrected chi connectivity index (χ1v) is 8.54. The lowest BCUT2D eigenvalue weighted by atomic mass is 10.0. The van der Waals surface area contributed by atoms with Crippen LogP contribution in [-0.2, 0) is 0 Å². The summed E-state index contributed by atoms with van der Waals surface area (Å²) < 4.78 is 16.0. The first-order valence-electron chi connectivity index (χ1n) is 8.54. The van der Waals surface area contributed by atoms with Crippen LogP contribution in [0.3, 0.4) is 0 Å². The zero-order valence-corrected chi connectivity index (χ0v) is 15.1. The van der Waals surface area contributed by atoms with E-state index in [2.05, 4.69) is 5.16 Å². The third-order valence-corrected chi connectivity index (χ3v) is 4.62. The number of hydrogen-bond donors (Lipinski definition) is 0. The summed E-state index contributed by atoms with van der Waals surface area (Å²) in [5, 5.41) is 3.96. The van der Waals surface area contributed by atoms with Gasteiger partial charge in [0.1, 0.15) is 5.76 Å². The van der Waals surface area contributed by atoms with Gasteiger partial charge in [0, 0.05) is 18.5 Å². The fraction of sp³-hybridized carbons (Fsp3) is 0.474. The Morgan fingerprint density at radius 1 is 1.24 bits per heavy atom. The minimum absolute atomic E-state index is 0.00602. The van der Waals surface area contributed by atoms with Crippen molar-refractivity contribution in [3.05, 3.63) is 41.3 Å². The van der Waals surface area contributed by atoms with Crippen molar-refractivity contribution in [3.63, 3.8) is 0 Å². The molecule has 0 saturated carbocycles.